The van der Waals surface area contributed by atoms with Crippen molar-refractivity contribution in [1.82, 2.24) is 9.97 Å². The van der Waals surface area contributed by atoms with E-state index in [0.29, 0.717) is 12.4 Å². The lowest BCUT2D eigenvalue weighted by Crippen LogP contribution is -2.19. The largest absolute Gasteiger partial charge is 0.367 e. The molecule has 7 nitrogen and oxygen atoms in total. The predicted molar refractivity (Wildman–Crippen MR) is 57.2 cm³/mol. The monoisotopic (exact) mass is 211 g/mol. The first-order valence-corrected chi connectivity index (χ1v) is 4.50. The normalized spacial score (nSPS) is 9.80. The van der Waals surface area contributed by atoms with E-state index in [4.69, 9.17) is 0 Å². The van der Waals surface area contributed by atoms with Crippen molar-refractivity contribution in [3.05, 3.63) is 16.4 Å². The molecule has 1 aromatic heterocycles. The van der Waals surface area contributed by atoms with Crippen molar-refractivity contribution in [2.75, 3.05) is 30.9 Å². The lowest BCUT2D eigenvalue weighted by atomic mass is 10.4. The first kappa shape index (κ1) is 11.2. The molecular formula is C8H13N5O2. The Morgan fingerprint density at radius 1 is 1.60 bits per heavy atom. The fourth-order valence-corrected chi connectivity index (χ4v) is 1.15. The fraction of sp³-hybridized carbons (Fsp3) is 0.500. The molecule has 0 aliphatic heterocycles. The summed E-state index contributed by atoms with van der Waals surface area (Å²) in [5.74, 6) is 0.548. The van der Waals surface area contributed by atoms with Gasteiger partial charge in [-0.25, -0.2) is 9.97 Å². The summed E-state index contributed by atoms with van der Waals surface area (Å²) in [6.45, 7) is 2.53. The van der Waals surface area contributed by atoms with Crippen molar-refractivity contribution >= 4 is 17.3 Å². The van der Waals surface area contributed by atoms with Gasteiger partial charge in [0.2, 0.25) is 11.6 Å². The van der Waals surface area contributed by atoms with Crippen LogP contribution < -0.4 is 10.2 Å². The van der Waals surface area contributed by atoms with Crippen LogP contribution in [0.3, 0.4) is 0 Å². The standard InChI is InChI=1S/C8H13N5O2/c1-4-12(3)8-6(13(14)15)7(9-2)10-5-11-8/h5H,4H2,1-3H3,(H,9,10,11). The van der Waals surface area contributed by atoms with E-state index in [1.165, 1.54) is 6.33 Å². The van der Waals surface area contributed by atoms with E-state index < -0.39 is 4.92 Å². The molecule has 1 heterocycles. The van der Waals surface area contributed by atoms with Crippen molar-refractivity contribution < 1.29 is 4.92 Å². The smallest absolute Gasteiger partial charge is 0.353 e. The molecule has 1 N–H and O–H groups in total. The Labute approximate surface area is 87.3 Å². The second-order valence-electron chi connectivity index (χ2n) is 2.92. The number of nitro groups is 1. The molecule has 0 spiro atoms. The molecule has 0 aromatic carbocycles. The van der Waals surface area contributed by atoms with Crippen LogP contribution in [0.2, 0.25) is 0 Å². The lowest BCUT2D eigenvalue weighted by Gasteiger charge is -2.15. The maximum absolute atomic E-state index is 10.9. The van der Waals surface area contributed by atoms with Crippen LogP contribution in [-0.4, -0.2) is 35.5 Å². The van der Waals surface area contributed by atoms with Gasteiger partial charge in [0.25, 0.3) is 0 Å². The van der Waals surface area contributed by atoms with Gasteiger partial charge in [-0.2, -0.15) is 0 Å². The van der Waals surface area contributed by atoms with Crippen LogP contribution in [0.25, 0.3) is 0 Å². The molecule has 0 unspecified atom stereocenters. The van der Waals surface area contributed by atoms with Gasteiger partial charge in [0.1, 0.15) is 6.33 Å². The topological polar surface area (TPSA) is 84.2 Å². The molecular weight excluding hydrogens is 198 g/mol. The molecule has 0 amide bonds. The van der Waals surface area contributed by atoms with Gasteiger partial charge in [0.15, 0.2) is 0 Å². The van der Waals surface area contributed by atoms with Gasteiger partial charge >= 0.3 is 5.69 Å². The highest BCUT2D eigenvalue weighted by atomic mass is 16.6. The molecule has 0 atom stereocenters. The van der Waals surface area contributed by atoms with E-state index in [9.17, 15) is 10.1 Å². The zero-order chi connectivity index (χ0) is 11.4. The Bertz CT molecular complexity index is 368. The maximum Gasteiger partial charge on any atom is 0.353 e. The van der Waals surface area contributed by atoms with Gasteiger partial charge in [-0.3, -0.25) is 10.1 Å². The molecule has 15 heavy (non-hydrogen) atoms. The molecule has 0 bridgehead atoms. The number of aromatic nitrogens is 2. The Morgan fingerprint density at radius 3 is 2.73 bits per heavy atom. The SMILES string of the molecule is CCN(C)c1ncnc(NC)c1[N+](=O)[O-]. The molecule has 1 rings (SSSR count). The van der Waals surface area contributed by atoms with Crippen molar-refractivity contribution in [2.24, 2.45) is 0 Å². The summed E-state index contributed by atoms with van der Waals surface area (Å²) in [7, 11) is 3.33. The Morgan fingerprint density at radius 2 is 2.27 bits per heavy atom. The quantitative estimate of drug-likeness (QED) is 0.588. The van der Waals surface area contributed by atoms with Crippen LogP contribution in [0.5, 0.6) is 0 Å². The first-order chi connectivity index (χ1) is 7.11. The predicted octanol–water partition coefficient (Wildman–Crippen LogP) is 0.883. The van der Waals surface area contributed by atoms with E-state index in [1.807, 2.05) is 6.92 Å². The molecule has 0 fully saturated rings. The number of nitrogens with one attached hydrogen (secondary N) is 1. The minimum absolute atomic E-state index is 0.0932. The summed E-state index contributed by atoms with van der Waals surface area (Å²) >= 11 is 0. The van der Waals surface area contributed by atoms with Crippen molar-refractivity contribution in [1.29, 1.82) is 0 Å². The highest BCUT2D eigenvalue weighted by Crippen LogP contribution is 2.30. The number of nitrogens with zero attached hydrogens (tertiary/aromatic N) is 4. The number of hydrogen-bond acceptors (Lipinski definition) is 6. The molecule has 0 saturated carbocycles. The molecule has 7 heteroatoms. The minimum Gasteiger partial charge on any atom is -0.367 e. The minimum atomic E-state index is -0.479. The van der Waals surface area contributed by atoms with Crippen molar-refractivity contribution in [3.8, 4) is 0 Å². The summed E-state index contributed by atoms with van der Waals surface area (Å²) in [6, 6.07) is 0. The molecule has 0 radical (unpaired) electrons. The molecule has 0 aliphatic carbocycles. The van der Waals surface area contributed by atoms with Crippen LogP contribution in [0.1, 0.15) is 6.92 Å². The van der Waals surface area contributed by atoms with E-state index in [1.54, 1.807) is 19.0 Å². The molecule has 0 saturated heterocycles. The first-order valence-electron chi connectivity index (χ1n) is 4.50. The van der Waals surface area contributed by atoms with Crippen LogP contribution >= 0.6 is 0 Å². The third-order valence-corrected chi connectivity index (χ3v) is 2.06. The van der Waals surface area contributed by atoms with Gasteiger partial charge in [0.05, 0.1) is 4.92 Å². The Kier molecular flexibility index (Phi) is 3.37. The van der Waals surface area contributed by atoms with Gasteiger partial charge in [-0.15, -0.1) is 0 Å². The second kappa shape index (κ2) is 4.54. The fourth-order valence-electron chi connectivity index (χ4n) is 1.15. The zero-order valence-electron chi connectivity index (χ0n) is 8.89. The van der Waals surface area contributed by atoms with Crippen LogP contribution in [0, 0.1) is 10.1 Å². The van der Waals surface area contributed by atoms with Gasteiger partial charge in [-0.05, 0) is 6.92 Å². The van der Waals surface area contributed by atoms with Gasteiger partial charge in [0, 0.05) is 20.6 Å². The molecule has 1 aromatic rings. The number of anilines is 2. The lowest BCUT2D eigenvalue weighted by molar-refractivity contribution is -0.383. The van der Waals surface area contributed by atoms with Gasteiger partial charge in [-0.1, -0.05) is 0 Å². The van der Waals surface area contributed by atoms with E-state index in [0.717, 1.165) is 0 Å². The summed E-state index contributed by atoms with van der Waals surface area (Å²) in [5.41, 5.74) is -0.0932. The van der Waals surface area contributed by atoms with Crippen LogP contribution in [-0.2, 0) is 0 Å². The Hall–Kier alpha value is -1.92. The van der Waals surface area contributed by atoms with E-state index >= 15 is 0 Å². The van der Waals surface area contributed by atoms with Crippen molar-refractivity contribution in [2.45, 2.75) is 6.92 Å². The summed E-state index contributed by atoms with van der Waals surface area (Å²) < 4.78 is 0. The molecule has 82 valence electrons. The van der Waals surface area contributed by atoms with E-state index in [-0.39, 0.29) is 11.5 Å². The maximum atomic E-state index is 10.9. The average Bonchev–Trinajstić information content (AvgIpc) is 2.26. The van der Waals surface area contributed by atoms with Gasteiger partial charge < -0.3 is 10.2 Å². The van der Waals surface area contributed by atoms with E-state index in [2.05, 4.69) is 15.3 Å². The zero-order valence-corrected chi connectivity index (χ0v) is 8.89. The molecule has 0 aliphatic rings. The summed E-state index contributed by atoms with van der Waals surface area (Å²) in [5, 5.41) is 13.6. The average molecular weight is 211 g/mol. The van der Waals surface area contributed by atoms with Crippen molar-refractivity contribution in [3.63, 3.8) is 0 Å². The second-order valence-corrected chi connectivity index (χ2v) is 2.92. The third kappa shape index (κ3) is 2.12. The number of rotatable bonds is 4. The highest BCUT2D eigenvalue weighted by molar-refractivity contribution is 5.69. The summed E-state index contributed by atoms with van der Waals surface area (Å²) in [6.07, 6.45) is 1.31. The Balaban J connectivity index is 3.31. The van der Waals surface area contributed by atoms with Crippen LogP contribution in [0.15, 0.2) is 6.33 Å². The van der Waals surface area contributed by atoms with Crippen LogP contribution in [0.4, 0.5) is 17.3 Å². The highest BCUT2D eigenvalue weighted by Gasteiger charge is 2.23. The summed E-state index contributed by atoms with van der Waals surface area (Å²) in [4.78, 5) is 19.8. The third-order valence-electron chi connectivity index (χ3n) is 2.06. The number of hydrogen-bond donors (Lipinski definition) is 1.